The number of nitrogens with one attached hydrogen (secondary N) is 1. The third-order valence-corrected chi connectivity index (χ3v) is 5.89. The van der Waals surface area contributed by atoms with Crippen LogP contribution in [0.5, 0.6) is 0 Å². The molecule has 1 aliphatic carbocycles. The zero-order valence-corrected chi connectivity index (χ0v) is 16.3. The van der Waals surface area contributed by atoms with Gasteiger partial charge in [-0.3, -0.25) is 9.36 Å². The normalized spacial score (nSPS) is 16.0. The SMILES string of the molecule is CCc1ccccc1-n1cnnc1SCC(=O)NC1CCCCCCC1. The van der Waals surface area contributed by atoms with Gasteiger partial charge in [-0.05, 0) is 30.9 Å². The van der Waals surface area contributed by atoms with E-state index in [9.17, 15) is 4.79 Å². The zero-order chi connectivity index (χ0) is 18.2. The first-order valence-electron chi connectivity index (χ1n) is 9.68. The molecule has 0 aliphatic heterocycles. The van der Waals surface area contributed by atoms with Gasteiger partial charge in [0.1, 0.15) is 6.33 Å². The van der Waals surface area contributed by atoms with E-state index in [-0.39, 0.29) is 5.91 Å². The number of aryl methyl sites for hydroxylation is 1. The lowest BCUT2D eigenvalue weighted by Gasteiger charge is -2.20. The summed E-state index contributed by atoms with van der Waals surface area (Å²) in [5.74, 6) is 0.475. The summed E-state index contributed by atoms with van der Waals surface area (Å²) in [6.45, 7) is 2.14. The van der Waals surface area contributed by atoms with Gasteiger partial charge in [0.2, 0.25) is 5.91 Å². The topological polar surface area (TPSA) is 59.8 Å². The minimum Gasteiger partial charge on any atom is -0.353 e. The Hall–Kier alpha value is -1.82. The largest absolute Gasteiger partial charge is 0.353 e. The second-order valence-corrected chi connectivity index (χ2v) is 7.81. The van der Waals surface area contributed by atoms with Crippen LogP contribution in [0.15, 0.2) is 35.7 Å². The summed E-state index contributed by atoms with van der Waals surface area (Å²) >= 11 is 1.45. The fourth-order valence-corrected chi connectivity index (χ4v) is 4.27. The van der Waals surface area contributed by atoms with Gasteiger partial charge in [-0.15, -0.1) is 10.2 Å². The highest BCUT2D eigenvalue weighted by atomic mass is 32.2. The number of rotatable bonds is 6. The van der Waals surface area contributed by atoms with Crippen LogP contribution in [0.3, 0.4) is 0 Å². The number of hydrogen-bond acceptors (Lipinski definition) is 4. The summed E-state index contributed by atoms with van der Waals surface area (Å²) in [6, 6.07) is 8.58. The highest BCUT2D eigenvalue weighted by Crippen LogP contribution is 2.23. The summed E-state index contributed by atoms with van der Waals surface area (Å²) in [4.78, 5) is 12.4. The molecule has 1 N–H and O–H groups in total. The Kier molecular flexibility index (Phi) is 7.12. The molecule has 6 heteroatoms. The van der Waals surface area contributed by atoms with E-state index in [4.69, 9.17) is 0 Å². The molecule has 1 fully saturated rings. The van der Waals surface area contributed by atoms with Gasteiger partial charge in [-0.2, -0.15) is 0 Å². The minimum absolute atomic E-state index is 0.0962. The van der Waals surface area contributed by atoms with E-state index in [1.807, 2.05) is 16.7 Å². The smallest absolute Gasteiger partial charge is 0.230 e. The lowest BCUT2D eigenvalue weighted by atomic mass is 9.97. The molecular weight excluding hydrogens is 344 g/mol. The predicted molar refractivity (Wildman–Crippen MR) is 106 cm³/mol. The molecule has 5 nitrogen and oxygen atoms in total. The van der Waals surface area contributed by atoms with E-state index < -0.39 is 0 Å². The van der Waals surface area contributed by atoms with Crippen LogP contribution in [0.4, 0.5) is 0 Å². The van der Waals surface area contributed by atoms with Crippen LogP contribution in [0, 0.1) is 0 Å². The average molecular weight is 373 g/mol. The van der Waals surface area contributed by atoms with Crippen molar-refractivity contribution in [1.82, 2.24) is 20.1 Å². The van der Waals surface area contributed by atoms with Gasteiger partial charge in [-0.25, -0.2) is 0 Å². The molecule has 1 amide bonds. The van der Waals surface area contributed by atoms with Crippen molar-refractivity contribution in [2.75, 3.05) is 5.75 Å². The minimum atomic E-state index is 0.0962. The molecule has 1 aromatic carbocycles. The van der Waals surface area contributed by atoms with Crippen molar-refractivity contribution in [3.8, 4) is 5.69 Å². The van der Waals surface area contributed by atoms with Crippen LogP contribution in [-0.2, 0) is 11.2 Å². The molecule has 140 valence electrons. The van der Waals surface area contributed by atoms with Crippen molar-refractivity contribution < 1.29 is 4.79 Å². The van der Waals surface area contributed by atoms with Gasteiger partial charge >= 0.3 is 0 Å². The zero-order valence-electron chi connectivity index (χ0n) is 15.5. The Balaban J connectivity index is 1.58. The van der Waals surface area contributed by atoms with Crippen molar-refractivity contribution in [2.24, 2.45) is 0 Å². The third-order valence-electron chi connectivity index (χ3n) is 4.95. The number of nitrogens with zero attached hydrogens (tertiary/aromatic N) is 3. The van der Waals surface area contributed by atoms with Crippen LogP contribution in [-0.4, -0.2) is 32.5 Å². The van der Waals surface area contributed by atoms with Gasteiger partial charge in [0.05, 0.1) is 11.4 Å². The Morgan fingerprint density at radius 1 is 1.19 bits per heavy atom. The molecule has 1 aromatic heterocycles. The molecular formula is C20H28N4OS. The Morgan fingerprint density at radius 2 is 1.92 bits per heavy atom. The number of carbonyl (C=O) groups is 1. The van der Waals surface area contributed by atoms with E-state index in [1.54, 1.807) is 6.33 Å². The molecule has 0 bridgehead atoms. The molecule has 2 aromatic rings. The molecule has 1 aliphatic rings. The van der Waals surface area contributed by atoms with Crippen LogP contribution in [0.1, 0.15) is 57.4 Å². The van der Waals surface area contributed by atoms with Crippen molar-refractivity contribution >= 4 is 17.7 Å². The lowest BCUT2D eigenvalue weighted by Crippen LogP contribution is -2.36. The predicted octanol–water partition coefficient (Wildman–Crippen LogP) is 4.15. The Labute approximate surface area is 160 Å². The second kappa shape index (κ2) is 9.76. The summed E-state index contributed by atoms with van der Waals surface area (Å²) in [5, 5.41) is 12.2. The monoisotopic (exact) mass is 372 g/mol. The van der Waals surface area contributed by atoms with Gasteiger partial charge in [0, 0.05) is 6.04 Å². The summed E-state index contributed by atoms with van der Waals surface area (Å²) in [6.07, 6.45) is 11.3. The molecule has 0 radical (unpaired) electrons. The Bertz CT molecular complexity index is 707. The first-order chi connectivity index (χ1) is 12.8. The van der Waals surface area contributed by atoms with Gasteiger partial charge in [0.25, 0.3) is 0 Å². The molecule has 0 saturated heterocycles. The van der Waals surface area contributed by atoms with Crippen molar-refractivity contribution in [2.45, 2.75) is 69.5 Å². The summed E-state index contributed by atoms with van der Waals surface area (Å²) in [7, 11) is 0. The van der Waals surface area contributed by atoms with Crippen molar-refractivity contribution in [3.63, 3.8) is 0 Å². The highest BCUT2D eigenvalue weighted by molar-refractivity contribution is 7.99. The number of thioether (sulfide) groups is 1. The van der Waals surface area contributed by atoms with Crippen LogP contribution < -0.4 is 5.32 Å². The Morgan fingerprint density at radius 3 is 2.69 bits per heavy atom. The lowest BCUT2D eigenvalue weighted by molar-refractivity contribution is -0.119. The first-order valence-corrected chi connectivity index (χ1v) is 10.7. The molecule has 3 rings (SSSR count). The quantitative estimate of drug-likeness (QED) is 0.774. The number of carbonyl (C=O) groups excluding carboxylic acids is 1. The van der Waals surface area contributed by atoms with Gasteiger partial charge in [0.15, 0.2) is 5.16 Å². The molecule has 0 spiro atoms. The van der Waals surface area contributed by atoms with Gasteiger partial charge < -0.3 is 5.32 Å². The molecule has 0 unspecified atom stereocenters. The number of hydrogen-bond donors (Lipinski definition) is 1. The van der Waals surface area contributed by atoms with Crippen molar-refractivity contribution in [3.05, 3.63) is 36.2 Å². The number of para-hydroxylation sites is 1. The number of benzene rings is 1. The fourth-order valence-electron chi connectivity index (χ4n) is 3.53. The number of aromatic nitrogens is 3. The van der Waals surface area contributed by atoms with Gasteiger partial charge in [-0.1, -0.05) is 69.0 Å². The van der Waals surface area contributed by atoms with E-state index in [0.29, 0.717) is 11.8 Å². The van der Waals surface area contributed by atoms with E-state index in [0.717, 1.165) is 30.1 Å². The molecule has 1 saturated carbocycles. The fraction of sp³-hybridized carbons (Fsp3) is 0.550. The van der Waals surface area contributed by atoms with E-state index in [2.05, 4.69) is 34.6 Å². The maximum atomic E-state index is 12.4. The second-order valence-electron chi connectivity index (χ2n) is 6.86. The van der Waals surface area contributed by atoms with Crippen LogP contribution in [0.25, 0.3) is 5.69 Å². The average Bonchev–Trinajstić information content (AvgIpc) is 3.10. The van der Waals surface area contributed by atoms with E-state index >= 15 is 0 Å². The summed E-state index contributed by atoms with van der Waals surface area (Å²) in [5.41, 5.74) is 2.33. The molecule has 26 heavy (non-hydrogen) atoms. The standard InChI is InChI=1S/C20H28N4OS/c1-2-16-10-8-9-13-18(16)24-15-21-23-20(24)26-14-19(25)22-17-11-6-4-3-5-7-12-17/h8-10,13,15,17H,2-7,11-12,14H2,1H3,(H,22,25). The maximum Gasteiger partial charge on any atom is 0.230 e. The number of amides is 1. The van der Waals surface area contributed by atoms with Crippen molar-refractivity contribution in [1.29, 1.82) is 0 Å². The highest BCUT2D eigenvalue weighted by Gasteiger charge is 2.16. The molecule has 0 atom stereocenters. The maximum absolute atomic E-state index is 12.4. The van der Waals surface area contributed by atoms with Crippen LogP contribution >= 0.6 is 11.8 Å². The first kappa shape index (κ1) is 19.0. The van der Waals surface area contributed by atoms with Crippen LogP contribution in [0.2, 0.25) is 0 Å². The van der Waals surface area contributed by atoms with E-state index in [1.165, 1.54) is 49.4 Å². The molecule has 1 heterocycles. The summed E-state index contributed by atoms with van der Waals surface area (Å²) < 4.78 is 1.98. The third kappa shape index (κ3) is 5.10.